The smallest absolute Gasteiger partial charge is 0.303 e. The standard InChI is InChI=1S/C18H25NO8/c1-10(20)19-15-17(26-11(2)21)16(22)14(27-18(15)23)9-25-8-12-4-6-13(24-3)7-5-12/h4-7,14-18,22-23H,8-9H2,1-3H3,(H,19,20)/t14?,15?,16-,17+,18+/m0/s1. The molecule has 3 N–H and O–H groups in total. The molecule has 1 fully saturated rings. The van der Waals surface area contributed by atoms with Crippen LogP contribution in [0.5, 0.6) is 5.75 Å². The molecule has 9 nitrogen and oxygen atoms in total. The second kappa shape index (κ2) is 9.65. The molecule has 27 heavy (non-hydrogen) atoms. The molecule has 9 heteroatoms. The van der Waals surface area contributed by atoms with Crippen LogP contribution in [0.3, 0.4) is 0 Å². The monoisotopic (exact) mass is 383 g/mol. The fourth-order valence-corrected chi connectivity index (χ4v) is 2.81. The van der Waals surface area contributed by atoms with Crippen molar-refractivity contribution < 1.29 is 38.7 Å². The van der Waals surface area contributed by atoms with Crippen molar-refractivity contribution in [1.29, 1.82) is 0 Å². The fourth-order valence-electron chi connectivity index (χ4n) is 2.81. The summed E-state index contributed by atoms with van der Waals surface area (Å²) in [6.07, 6.45) is -4.85. The van der Waals surface area contributed by atoms with Crippen molar-refractivity contribution in [2.45, 2.75) is 51.1 Å². The summed E-state index contributed by atoms with van der Waals surface area (Å²) >= 11 is 0. The predicted molar refractivity (Wildman–Crippen MR) is 92.7 cm³/mol. The summed E-state index contributed by atoms with van der Waals surface area (Å²) in [5.41, 5.74) is 0.884. The third-order valence-electron chi connectivity index (χ3n) is 4.07. The molecule has 0 aromatic heterocycles. The Hall–Kier alpha value is -2.20. The molecule has 2 rings (SSSR count). The summed E-state index contributed by atoms with van der Waals surface area (Å²) in [5.74, 6) is -0.385. The number of aliphatic hydroxyl groups is 2. The second-order valence-corrected chi connectivity index (χ2v) is 6.22. The highest BCUT2D eigenvalue weighted by atomic mass is 16.6. The lowest BCUT2D eigenvalue weighted by Crippen LogP contribution is -2.65. The lowest BCUT2D eigenvalue weighted by Gasteiger charge is -2.42. The van der Waals surface area contributed by atoms with Crippen LogP contribution in [-0.4, -0.2) is 66.4 Å². The van der Waals surface area contributed by atoms with Gasteiger partial charge in [-0.25, -0.2) is 0 Å². The number of methoxy groups -OCH3 is 1. The van der Waals surface area contributed by atoms with Gasteiger partial charge in [0.1, 0.15) is 24.0 Å². The van der Waals surface area contributed by atoms with Gasteiger partial charge < -0.3 is 34.5 Å². The van der Waals surface area contributed by atoms with E-state index in [4.69, 9.17) is 18.9 Å². The average molecular weight is 383 g/mol. The first-order chi connectivity index (χ1) is 12.8. The third-order valence-corrected chi connectivity index (χ3v) is 4.07. The predicted octanol–water partition coefficient (Wildman–Crippen LogP) is -0.274. The second-order valence-electron chi connectivity index (χ2n) is 6.22. The summed E-state index contributed by atoms with van der Waals surface area (Å²) in [5, 5.41) is 23.1. The molecule has 0 spiro atoms. The van der Waals surface area contributed by atoms with E-state index in [1.165, 1.54) is 13.8 Å². The van der Waals surface area contributed by atoms with E-state index >= 15 is 0 Å². The van der Waals surface area contributed by atoms with Crippen LogP contribution in [0.25, 0.3) is 0 Å². The number of benzene rings is 1. The molecule has 0 radical (unpaired) electrons. The zero-order valence-electron chi connectivity index (χ0n) is 15.5. The number of rotatable bonds is 7. The van der Waals surface area contributed by atoms with Gasteiger partial charge in [-0.1, -0.05) is 12.1 Å². The van der Waals surface area contributed by atoms with Crippen molar-refractivity contribution in [3.8, 4) is 5.75 Å². The molecule has 1 aromatic carbocycles. The number of hydrogen-bond acceptors (Lipinski definition) is 8. The Morgan fingerprint density at radius 3 is 2.41 bits per heavy atom. The Morgan fingerprint density at radius 2 is 1.85 bits per heavy atom. The van der Waals surface area contributed by atoms with Crippen molar-refractivity contribution in [3.63, 3.8) is 0 Å². The van der Waals surface area contributed by atoms with Gasteiger partial charge >= 0.3 is 5.97 Å². The highest BCUT2D eigenvalue weighted by Gasteiger charge is 2.47. The molecule has 1 heterocycles. The van der Waals surface area contributed by atoms with Gasteiger partial charge in [0.15, 0.2) is 12.4 Å². The van der Waals surface area contributed by atoms with Crippen molar-refractivity contribution in [2.75, 3.05) is 13.7 Å². The maximum absolute atomic E-state index is 11.3. The van der Waals surface area contributed by atoms with E-state index < -0.39 is 42.5 Å². The van der Waals surface area contributed by atoms with Crippen LogP contribution in [-0.2, 0) is 30.4 Å². The average Bonchev–Trinajstić information content (AvgIpc) is 2.62. The van der Waals surface area contributed by atoms with E-state index in [1.54, 1.807) is 19.2 Å². The number of ether oxygens (including phenoxy) is 4. The van der Waals surface area contributed by atoms with Crippen molar-refractivity contribution in [1.82, 2.24) is 5.32 Å². The Labute approximate surface area is 157 Å². The van der Waals surface area contributed by atoms with Crippen LogP contribution >= 0.6 is 0 Å². The van der Waals surface area contributed by atoms with Crippen LogP contribution in [0.4, 0.5) is 0 Å². The Bertz CT molecular complexity index is 635. The molecule has 1 aromatic rings. The summed E-state index contributed by atoms with van der Waals surface area (Å²) in [6, 6.07) is 6.17. The highest BCUT2D eigenvalue weighted by Crippen LogP contribution is 2.23. The Morgan fingerprint density at radius 1 is 1.19 bits per heavy atom. The molecule has 1 amide bonds. The molecular formula is C18H25NO8. The molecule has 0 bridgehead atoms. The highest BCUT2D eigenvalue weighted by molar-refractivity contribution is 5.73. The normalized spacial score (nSPS) is 27.7. The van der Waals surface area contributed by atoms with Gasteiger partial charge in [0.2, 0.25) is 5.91 Å². The van der Waals surface area contributed by atoms with Gasteiger partial charge in [-0.15, -0.1) is 0 Å². The zero-order valence-corrected chi connectivity index (χ0v) is 15.5. The molecule has 2 unspecified atom stereocenters. The van der Waals surface area contributed by atoms with Crippen LogP contribution in [0.1, 0.15) is 19.4 Å². The van der Waals surface area contributed by atoms with Crippen LogP contribution in [0.15, 0.2) is 24.3 Å². The SMILES string of the molecule is COc1ccc(COCC2O[C@@H](O)C(NC(C)=O)[C@@H](OC(C)=O)[C@H]2O)cc1. The minimum Gasteiger partial charge on any atom is -0.497 e. The van der Waals surface area contributed by atoms with Gasteiger partial charge in [-0.05, 0) is 17.7 Å². The third kappa shape index (κ3) is 5.90. The summed E-state index contributed by atoms with van der Waals surface area (Å²) in [6.45, 7) is 2.62. The number of carbonyl (C=O) groups is 2. The molecule has 1 aliphatic rings. The van der Waals surface area contributed by atoms with E-state index in [1.807, 2.05) is 12.1 Å². The first-order valence-electron chi connectivity index (χ1n) is 8.48. The van der Waals surface area contributed by atoms with E-state index in [-0.39, 0.29) is 13.2 Å². The fraction of sp³-hybridized carbons (Fsp3) is 0.556. The Balaban J connectivity index is 1.97. The van der Waals surface area contributed by atoms with E-state index in [0.717, 1.165) is 11.3 Å². The molecule has 5 atom stereocenters. The molecular weight excluding hydrogens is 358 g/mol. The van der Waals surface area contributed by atoms with Crippen molar-refractivity contribution in [3.05, 3.63) is 29.8 Å². The minimum absolute atomic E-state index is 0.0468. The van der Waals surface area contributed by atoms with Gasteiger partial charge in [-0.2, -0.15) is 0 Å². The quantitative estimate of drug-likeness (QED) is 0.550. The van der Waals surface area contributed by atoms with Gasteiger partial charge in [0.25, 0.3) is 0 Å². The van der Waals surface area contributed by atoms with E-state index in [2.05, 4.69) is 5.32 Å². The van der Waals surface area contributed by atoms with E-state index in [0.29, 0.717) is 0 Å². The number of amides is 1. The lowest BCUT2D eigenvalue weighted by molar-refractivity contribution is -0.261. The van der Waals surface area contributed by atoms with Crippen LogP contribution < -0.4 is 10.1 Å². The van der Waals surface area contributed by atoms with Gasteiger partial charge in [0.05, 0.1) is 20.3 Å². The first kappa shape index (κ1) is 21.1. The molecule has 0 aliphatic carbocycles. The number of nitrogens with one attached hydrogen (secondary N) is 1. The maximum Gasteiger partial charge on any atom is 0.303 e. The maximum atomic E-state index is 11.3. The largest absolute Gasteiger partial charge is 0.497 e. The topological polar surface area (TPSA) is 124 Å². The molecule has 150 valence electrons. The van der Waals surface area contributed by atoms with Crippen LogP contribution in [0, 0.1) is 0 Å². The number of aliphatic hydroxyl groups excluding tert-OH is 2. The Kier molecular flexibility index (Phi) is 7.55. The number of esters is 1. The van der Waals surface area contributed by atoms with Crippen LogP contribution in [0.2, 0.25) is 0 Å². The van der Waals surface area contributed by atoms with Gasteiger partial charge in [0, 0.05) is 13.8 Å². The first-order valence-corrected chi connectivity index (χ1v) is 8.48. The molecule has 1 aliphatic heterocycles. The van der Waals surface area contributed by atoms with Crippen molar-refractivity contribution >= 4 is 11.9 Å². The molecule has 0 saturated carbocycles. The minimum atomic E-state index is -1.46. The lowest BCUT2D eigenvalue weighted by atomic mass is 9.96. The zero-order chi connectivity index (χ0) is 20.0. The van der Waals surface area contributed by atoms with Gasteiger partial charge in [-0.3, -0.25) is 9.59 Å². The van der Waals surface area contributed by atoms with Crippen molar-refractivity contribution in [2.24, 2.45) is 0 Å². The molecule has 1 saturated heterocycles. The number of carbonyl (C=O) groups excluding carboxylic acids is 2. The summed E-state index contributed by atoms with van der Waals surface area (Å²) < 4.78 is 21.1. The van der Waals surface area contributed by atoms with E-state index in [9.17, 15) is 19.8 Å². The summed E-state index contributed by atoms with van der Waals surface area (Å²) in [7, 11) is 1.58. The summed E-state index contributed by atoms with van der Waals surface area (Å²) in [4.78, 5) is 22.7. The number of hydrogen-bond donors (Lipinski definition) is 3.